The Balaban J connectivity index is 1.48. The van der Waals surface area contributed by atoms with Gasteiger partial charge in [-0.3, -0.25) is 9.78 Å². The van der Waals surface area contributed by atoms with Crippen molar-refractivity contribution >= 4 is 11.7 Å². The molecule has 1 fully saturated rings. The molecule has 158 valence electrons. The third kappa shape index (κ3) is 3.17. The van der Waals surface area contributed by atoms with E-state index in [1.165, 1.54) is 29.6 Å². The second kappa shape index (κ2) is 6.97. The van der Waals surface area contributed by atoms with Crippen LogP contribution in [0.3, 0.4) is 0 Å². The summed E-state index contributed by atoms with van der Waals surface area (Å²) < 4.78 is 34.5. The lowest BCUT2D eigenvalue weighted by molar-refractivity contribution is -0.149. The van der Waals surface area contributed by atoms with Gasteiger partial charge in [0.1, 0.15) is 23.6 Å². The van der Waals surface area contributed by atoms with E-state index in [-0.39, 0.29) is 18.7 Å². The van der Waals surface area contributed by atoms with E-state index in [0.717, 1.165) is 0 Å². The van der Waals surface area contributed by atoms with Crippen molar-refractivity contribution in [1.29, 1.82) is 0 Å². The number of ether oxygens (including phenoxy) is 1. The van der Waals surface area contributed by atoms with Crippen molar-refractivity contribution < 1.29 is 18.3 Å². The number of carbonyl (C=O) groups is 1. The Kier molecular flexibility index (Phi) is 4.36. The highest BCUT2D eigenvalue weighted by Gasteiger charge is 2.49. The van der Waals surface area contributed by atoms with Gasteiger partial charge in [0, 0.05) is 36.8 Å². The Bertz CT molecular complexity index is 1250. The second-order valence-electron chi connectivity index (χ2n) is 8.17. The molecule has 31 heavy (non-hydrogen) atoms. The average Bonchev–Trinajstić information content (AvgIpc) is 3.36. The summed E-state index contributed by atoms with van der Waals surface area (Å²) in [6, 6.07) is -0.360. The molecule has 5 rings (SSSR count). The normalized spacial score (nSPS) is 19.7. The molecule has 3 aromatic rings. The summed E-state index contributed by atoms with van der Waals surface area (Å²) in [5.74, 6) is 6.49. The molecular weight excluding hydrogens is 406 g/mol. The molecule has 0 aromatic carbocycles. The first-order valence-corrected chi connectivity index (χ1v) is 9.76. The average molecular weight is 424 g/mol. The van der Waals surface area contributed by atoms with E-state index in [2.05, 4.69) is 31.9 Å². The van der Waals surface area contributed by atoms with E-state index >= 15 is 0 Å². The lowest BCUT2D eigenvalue weighted by Gasteiger charge is -2.32. The van der Waals surface area contributed by atoms with Gasteiger partial charge >= 0.3 is 0 Å². The number of amides is 1. The maximum absolute atomic E-state index is 13.4. The van der Waals surface area contributed by atoms with Crippen molar-refractivity contribution in [2.45, 2.75) is 38.8 Å². The van der Waals surface area contributed by atoms with Gasteiger partial charge < -0.3 is 9.64 Å². The first kappa shape index (κ1) is 19.4. The molecular formula is C21H18F2N6O2. The highest BCUT2D eigenvalue weighted by Crippen LogP contribution is 2.46. The molecule has 10 heteroatoms. The van der Waals surface area contributed by atoms with E-state index in [9.17, 15) is 13.6 Å². The van der Waals surface area contributed by atoms with E-state index in [1.807, 2.05) is 0 Å². The first-order chi connectivity index (χ1) is 14.8. The van der Waals surface area contributed by atoms with Crippen molar-refractivity contribution in [3.63, 3.8) is 0 Å². The predicted octanol–water partition coefficient (Wildman–Crippen LogP) is 2.24. The fourth-order valence-corrected chi connectivity index (χ4v) is 3.88. The summed E-state index contributed by atoms with van der Waals surface area (Å²) in [6.45, 7) is 2.79. The number of hydrogen-bond donors (Lipinski definition) is 0. The molecule has 1 saturated heterocycles. The molecule has 0 radical (unpaired) electrons. The number of carbonyl (C=O) groups excluding carboxylic acids is 1. The fourth-order valence-electron chi connectivity index (χ4n) is 3.88. The van der Waals surface area contributed by atoms with Gasteiger partial charge in [-0.05, 0) is 13.8 Å². The molecule has 3 aromatic heterocycles. The molecule has 8 nitrogen and oxygen atoms in total. The first-order valence-electron chi connectivity index (χ1n) is 9.76. The Hall–Kier alpha value is -3.61. The molecule has 2 aliphatic rings. The standard InChI is InChI=1S/C21H18F2N6O2/c1-21(2,18(22)23)19(30)28-10-14-5-16(28)15-8-24-7-13(17(15)31-14)4-3-12-6-25-20-26-11-27-29(20)9-12/h6-9,11,14,16,18H,5,10H2,1-2H3/t14-,16-/m0/s1. The maximum atomic E-state index is 13.4. The smallest absolute Gasteiger partial charge is 0.252 e. The van der Waals surface area contributed by atoms with Crippen molar-refractivity contribution in [3.05, 3.63) is 47.8 Å². The van der Waals surface area contributed by atoms with Gasteiger partial charge in [-0.15, -0.1) is 0 Å². The van der Waals surface area contributed by atoms with Gasteiger partial charge in [-0.2, -0.15) is 10.1 Å². The highest BCUT2D eigenvalue weighted by molar-refractivity contribution is 5.83. The van der Waals surface area contributed by atoms with Crippen LogP contribution >= 0.6 is 0 Å². The van der Waals surface area contributed by atoms with Crippen LogP contribution in [-0.2, 0) is 4.79 Å². The summed E-state index contributed by atoms with van der Waals surface area (Å²) in [6.07, 6.45) is 5.43. The highest BCUT2D eigenvalue weighted by atomic mass is 19.3. The maximum Gasteiger partial charge on any atom is 0.252 e. The summed E-state index contributed by atoms with van der Waals surface area (Å²) in [7, 11) is 0. The molecule has 0 aliphatic carbocycles. The number of likely N-dealkylation sites (tertiary alicyclic amines) is 1. The van der Waals surface area contributed by atoms with Gasteiger partial charge in [0.25, 0.3) is 12.2 Å². The fraction of sp³-hybridized carbons (Fsp3) is 0.381. The van der Waals surface area contributed by atoms with Crippen LogP contribution in [0.15, 0.2) is 31.1 Å². The number of alkyl halides is 2. The molecule has 2 bridgehead atoms. The third-order valence-corrected chi connectivity index (χ3v) is 5.66. The molecule has 1 amide bonds. The largest absolute Gasteiger partial charge is 0.487 e. The quantitative estimate of drug-likeness (QED) is 0.587. The van der Waals surface area contributed by atoms with Crippen LogP contribution < -0.4 is 4.74 Å². The van der Waals surface area contributed by atoms with Gasteiger partial charge in [0.2, 0.25) is 5.91 Å². The second-order valence-corrected chi connectivity index (χ2v) is 8.17. The molecule has 0 unspecified atom stereocenters. The number of nitrogens with zero attached hydrogens (tertiary/aromatic N) is 6. The van der Waals surface area contributed by atoms with Crippen molar-refractivity contribution in [2.75, 3.05) is 6.54 Å². The number of pyridine rings is 1. The molecule has 0 saturated carbocycles. The minimum Gasteiger partial charge on any atom is -0.487 e. The van der Waals surface area contributed by atoms with Crippen molar-refractivity contribution in [2.24, 2.45) is 5.41 Å². The summed E-state index contributed by atoms with van der Waals surface area (Å²) in [4.78, 5) is 26.8. The minimum atomic E-state index is -2.76. The van der Waals surface area contributed by atoms with Crippen LogP contribution in [0.4, 0.5) is 8.78 Å². The zero-order chi connectivity index (χ0) is 21.8. The Labute approximate surface area is 176 Å². The van der Waals surface area contributed by atoms with Crippen LogP contribution in [-0.4, -0.2) is 54.4 Å². The Morgan fingerprint density at radius 2 is 2.10 bits per heavy atom. The lowest BCUT2D eigenvalue weighted by atomic mass is 9.91. The van der Waals surface area contributed by atoms with Crippen LogP contribution in [0, 0.1) is 17.3 Å². The number of aromatic nitrogens is 5. The number of halogens is 2. The van der Waals surface area contributed by atoms with Gasteiger partial charge in [0.05, 0.1) is 23.7 Å². The van der Waals surface area contributed by atoms with Crippen molar-refractivity contribution in [3.8, 4) is 17.6 Å². The van der Waals surface area contributed by atoms with Crippen LogP contribution in [0.1, 0.15) is 43.0 Å². The number of rotatable bonds is 2. The number of fused-ring (bicyclic) bond motifs is 5. The zero-order valence-electron chi connectivity index (χ0n) is 16.8. The van der Waals surface area contributed by atoms with Gasteiger partial charge in [-0.25, -0.2) is 18.3 Å². The minimum absolute atomic E-state index is 0.258. The monoisotopic (exact) mass is 424 g/mol. The summed E-state index contributed by atoms with van der Waals surface area (Å²) in [5.41, 5.74) is 0.108. The van der Waals surface area contributed by atoms with Gasteiger partial charge in [0.15, 0.2) is 0 Å². The summed E-state index contributed by atoms with van der Waals surface area (Å²) in [5, 5.41) is 4.04. The predicted molar refractivity (Wildman–Crippen MR) is 104 cm³/mol. The van der Waals surface area contributed by atoms with E-state index in [1.54, 1.807) is 24.8 Å². The Morgan fingerprint density at radius 3 is 2.90 bits per heavy atom. The van der Waals surface area contributed by atoms with E-state index < -0.39 is 17.7 Å². The van der Waals surface area contributed by atoms with E-state index in [4.69, 9.17) is 4.74 Å². The van der Waals surface area contributed by atoms with Gasteiger partial charge in [-0.1, -0.05) is 11.8 Å². The third-order valence-electron chi connectivity index (χ3n) is 5.66. The molecule has 2 atom stereocenters. The topological polar surface area (TPSA) is 85.5 Å². The Morgan fingerprint density at radius 1 is 1.26 bits per heavy atom. The van der Waals surface area contributed by atoms with Crippen LogP contribution in [0.2, 0.25) is 0 Å². The zero-order valence-corrected chi connectivity index (χ0v) is 16.8. The molecule has 0 spiro atoms. The lowest BCUT2D eigenvalue weighted by Crippen LogP contribution is -2.44. The SMILES string of the molecule is CC(C)(C(=O)N1C[C@@H]2C[C@H]1c1cncc(C#Cc3cnc4ncnn4c3)c1O2)C(F)F. The molecule has 2 aliphatic heterocycles. The van der Waals surface area contributed by atoms with Crippen LogP contribution in [0.5, 0.6) is 5.75 Å². The molecule has 5 heterocycles. The molecule has 0 N–H and O–H groups in total. The van der Waals surface area contributed by atoms with Crippen molar-refractivity contribution in [1.82, 2.24) is 29.5 Å². The number of hydrogen-bond acceptors (Lipinski definition) is 6. The van der Waals surface area contributed by atoms with E-state index in [0.29, 0.717) is 34.6 Å². The van der Waals surface area contributed by atoms with Crippen LogP contribution in [0.25, 0.3) is 5.78 Å². The summed E-state index contributed by atoms with van der Waals surface area (Å²) >= 11 is 0.